The zero-order valence-corrected chi connectivity index (χ0v) is 7.87. The van der Waals surface area contributed by atoms with Crippen molar-refractivity contribution < 1.29 is 0 Å². The SMILES string of the molecule is C1=CC2CC2C(N2CCNCC2)=C1. The van der Waals surface area contributed by atoms with E-state index in [1.54, 1.807) is 5.70 Å². The summed E-state index contributed by atoms with van der Waals surface area (Å²) in [5, 5.41) is 3.40. The summed E-state index contributed by atoms with van der Waals surface area (Å²) in [6.45, 7) is 4.70. The van der Waals surface area contributed by atoms with Gasteiger partial charge in [-0.2, -0.15) is 0 Å². The van der Waals surface area contributed by atoms with Crippen molar-refractivity contribution in [2.24, 2.45) is 11.8 Å². The maximum absolute atomic E-state index is 3.40. The molecule has 2 heteroatoms. The van der Waals surface area contributed by atoms with E-state index in [1.807, 2.05) is 0 Å². The smallest absolute Gasteiger partial charge is 0.0300 e. The van der Waals surface area contributed by atoms with E-state index in [0.717, 1.165) is 24.9 Å². The molecule has 0 aromatic rings. The first-order valence-corrected chi connectivity index (χ1v) is 5.29. The summed E-state index contributed by atoms with van der Waals surface area (Å²) >= 11 is 0. The number of nitrogens with zero attached hydrogens (tertiary/aromatic N) is 1. The molecule has 1 saturated carbocycles. The van der Waals surface area contributed by atoms with E-state index in [4.69, 9.17) is 0 Å². The van der Waals surface area contributed by atoms with Gasteiger partial charge in [-0.05, 0) is 18.4 Å². The molecule has 3 rings (SSSR count). The third-order valence-electron chi connectivity index (χ3n) is 3.33. The first-order chi connectivity index (χ1) is 6.45. The molecule has 3 aliphatic rings. The molecule has 2 nitrogen and oxygen atoms in total. The van der Waals surface area contributed by atoms with Gasteiger partial charge in [0.25, 0.3) is 0 Å². The Labute approximate surface area is 79.3 Å². The van der Waals surface area contributed by atoms with Gasteiger partial charge in [-0.1, -0.05) is 12.2 Å². The molecule has 0 amide bonds. The molecule has 0 spiro atoms. The van der Waals surface area contributed by atoms with E-state index < -0.39 is 0 Å². The number of hydrogen-bond donors (Lipinski definition) is 1. The highest BCUT2D eigenvalue weighted by Gasteiger charge is 2.41. The van der Waals surface area contributed by atoms with Gasteiger partial charge in [-0.25, -0.2) is 0 Å². The van der Waals surface area contributed by atoms with Gasteiger partial charge in [0, 0.05) is 37.8 Å². The maximum Gasteiger partial charge on any atom is 0.0300 e. The molecule has 2 unspecified atom stereocenters. The second-order valence-electron chi connectivity index (χ2n) is 4.22. The monoisotopic (exact) mass is 176 g/mol. The van der Waals surface area contributed by atoms with Crippen LogP contribution in [0.4, 0.5) is 0 Å². The fourth-order valence-electron chi connectivity index (χ4n) is 2.45. The second-order valence-corrected chi connectivity index (χ2v) is 4.22. The van der Waals surface area contributed by atoms with Gasteiger partial charge in [-0.3, -0.25) is 0 Å². The van der Waals surface area contributed by atoms with Crippen molar-refractivity contribution in [2.75, 3.05) is 26.2 Å². The second kappa shape index (κ2) is 2.88. The molecule has 1 heterocycles. The molecule has 1 saturated heterocycles. The van der Waals surface area contributed by atoms with Gasteiger partial charge in [0.15, 0.2) is 0 Å². The molecule has 0 bridgehead atoms. The lowest BCUT2D eigenvalue weighted by atomic mass is 10.1. The lowest BCUT2D eigenvalue weighted by molar-refractivity contribution is 0.284. The Bertz CT molecular complexity index is 261. The quantitative estimate of drug-likeness (QED) is 0.640. The Balaban J connectivity index is 1.76. The van der Waals surface area contributed by atoms with Gasteiger partial charge < -0.3 is 10.2 Å². The molecule has 1 N–H and O–H groups in total. The first kappa shape index (κ1) is 7.63. The predicted molar refractivity (Wildman–Crippen MR) is 53.3 cm³/mol. The molecule has 13 heavy (non-hydrogen) atoms. The lowest BCUT2D eigenvalue weighted by Gasteiger charge is -2.32. The van der Waals surface area contributed by atoms with Crippen molar-refractivity contribution >= 4 is 0 Å². The third kappa shape index (κ3) is 1.29. The van der Waals surface area contributed by atoms with Crippen molar-refractivity contribution in [2.45, 2.75) is 6.42 Å². The van der Waals surface area contributed by atoms with Crippen LogP contribution in [0.1, 0.15) is 6.42 Å². The van der Waals surface area contributed by atoms with Crippen LogP contribution in [0.5, 0.6) is 0 Å². The number of nitrogens with one attached hydrogen (secondary N) is 1. The molecule has 0 radical (unpaired) electrons. The average Bonchev–Trinajstić information content (AvgIpc) is 2.97. The average molecular weight is 176 g/mol. The van der Waals surface area contributed by atoms with Crippen LogP contribution in [-0.2, 0) is 0 Å². The fourth-order valence-corrected chi connectivity index (χ4v) is 2.45. The van der Waals surface area contributed by atoms with Crippen molar-refractivity contribution in [3.05, 3.63) is 23.9 Å². The Morgan fingerprint density at radius 2 is 2.15 bits per heavy atom. The van der Waals surface area contributed by atoms with E-state index in [0.29, 0.717) is 0 Å². The zero-order chi connectivity index (χ0) is 8.67. The van der Waals surface area contributed by atoms with Gasteiger partial charge in [-0.15, -0.1) is 0 Å². The number of piperazine rings is 1. The summed E-state index contributed by atoms with van der Waals surface area (Å²) < 4.78 is 0. The topological polar surface area (TPSA) is 15.3 Å². The van der Waals surface area contributed by atoms with Crippen LogP contribution in [-0.4, -0.2) is 31.1 Å². The highest BCUT2D eigenvalue weighted by molar-refractivity contribution is 5.29. The normalized spacial score (nSPS) is 36.9. The number of fused-ring (bicyclic) bond motifs is 1. The van der Waals surface area contributed by atoms with Gasteiger partial charge in [0.1, 0.15) is 0 Å². The molecular weight excluding hydrogens is 160 g/mol. The van der Waals surface area contributed by atoms with E-state index in [1.165, 1.54) is 19.5 Å². The molecule has 0 aromatic carbocycles. The highest BCUT2D eigenvalue weighted by Crippen LogP contribution is 2.48. The van der Waals surface area contributed by atoms with Crippen LogP contribution in [0, 0.1) is 11.8 Å². The molecule has 0 aromatic heterocycles. The van der Waals surface area contributed by atoms with Crippen molar-refractivity contribution in [3.8, 4) is 0 Å². The summed E-state index contributed by atoms with van der Waals surface area (Å²) in [5.41, 5.74) is 1.61. The van der Waals surface area contributed by atoms with Crippen molar-refractivity contribution in [1.82, 2.24) is 10.2 Å². The number of allylic oxidation sites excluding steroid dienone is 4. The van der Waals surface area contributed by atoms with Crippen molar-refractivity contribution in [1.29, 1.82) is 0 Å². The van der Waals surface area contributed by atoms with Crippen LogP contribution >= 0.6 is 0 Å². The summed E-state index contributed by atoms with van der Waals surface area (Å²) in [6, 6.07) is 0. The minimum absolute atomic E-state index is 0.878. The van der Waals surface area contributed by atoms with Gasteiger partial charge in [0.05, 0.1) is 0 Å². The Morgan fingerprint density at radius 1 is 1.31 bits per heavy atom. The van der Waals surface area contributed by atoms with Crippen LogP contribution in [0.25, 0.3) is 0 Å². The molecule has 1 aliphatic heterocycles. The van der Waals surface area contributed by atoms with Gasteiger partial charge in [0.2, 0.25) is 0 Å². The Morgan fingerprint density at radius 3 is 3.00 bits per heavy atom. The standard InChI is InChI=1S/C11H16N2/c1-2-9-8-10(9)11(3-1)13-6-4-12-5-7-13/h1-3,9-10,12H,4-8H2. The minimum atomic E-state index is 0.878. The summed E-state index contributed by atoms with van der Waals surface area (Å²) in [5.74, 6) is 1.76. The lowest BCUT2D eigenvalue weighted by Crippen LogP contribution is -2.43. The predicted octanol–water partition coefficient (Wildman–Crippen LogP) is 0.981. The van der Waals surface area contributed by atoms with E-state index >= 15 is 0 Å². The molecule has 2 fully saturated rings. The van der Waals surface area contributed by atoms with E-state index in [-0.39, 0.29) is 0 Å². The van der Waals surface area contributed by atoms with E-state index in [9.17, 15) is 0 Å². The summed E-state index contributed by atoms with van der Waals surface area (Å²) in [4.78, 5) is 2.56. The zero-order valence-electron chi connectivity index (χ0n) is 7.87. The summed E-state index contributed by atoms with van der Waals surface area (Å²) in [7, 11) is 0. The van der Waals surface area contributed by atoms with E-state index in [2.05, 4.69) is 28.4 Å². The Hall–Kier alpha value is -0.760. The van der Waals surface area contributed by atoms with Crippen molar-refractivity contribution in [3.63, 3.8) is 0 Å². The fraction of sp³-hybridized carbons (Fsp3) is 0.636. The third-order valence-corrected chi connectivity index (χ3v) is 3.33. The largest absolute Gasteiger partial charge is 0.372 e. The van der Waals surface area contributed by atoms with Crippen LogP contribution in [0.15, 0.2) is 23.9 Å². The maximum atomic E-state index is 3.40. The van der Waals surface area contributed by atoms with Crippen LogP contribution in [0.2, 0.25) is 0 Å². The molecule has 2 atom stereocenters. The summed E-state index contributed by atoms with van der Waals surface area (Å²) in [6.07, 6.45) is 8.31. The van der Waals surface area contributed by atoms with Gasteiger partial charge >= 0.3 is 0 Å². The minimum Gasteiger partial charge on any atom is -0.372 e. The number of rotatable bonds is 1. The highest BCUT2D eigenvalue weighted by atomic mass is 15.2. The van der Waals surface area contributed by atoms with Crippen LogP contribution < -0.4 is 5.32 Å². The van der Waals surface area contributed by atoms with Crippen LogP contribution in [0.3, 0.4) is 0 Å². The first-order valence-electron chi connectivity index (χ1n) is 5.29. The molecule has 2 aliphatic carbocycles. The molecular formula is C11H16N2. The Kier molecular flexibility index (Phi) is 1.69. The number of hydrogen-bond acceptors (Lipinski definition) is 2. The molecule has 70 valence electrons.